The topological polar surface area (TPSA) is 49.4 Å². The van der Waals surface area contributed by atoms with Gasteiger partial charge in [-0.2, -0.15) is 0 Å². The van der Waals surface area contributed by atoms with Gasteiger partial charge in [0, 0.05) is 26.1 Å². The third-order valence-electron chi connectivity index (χ3n) is 3.99. The van der Waals surface area contributed by atoms with Crippen molar-refractivity contribution in [2.24, 2.45) is 5.92 Å². The molecule has 2 heterocycles. The highest BCUT2D eigenvalue weighted by atomic mass is 16.2. The minimum absolute atomic E-state index is 0.00595. The SMILES string of the molecule is O=C1CC(C(=O)N2CCCc3ccccc3C2)CN1. The van der Waals surface area contributed by atoms with E-state index >= 15 is 0 Å². The van der Waals surface area contributed by atoms with E-state index in [9.17, 15) is 9.59 Å². The van der Waals surface area contributed by atoms with Gasteiger partial charge in [0.2, 0.25) is 11.8 Å². The van der Waals surface area contributed by atoms with E-state index in [-0.39, 0.29) is 17.7 Å². The van der Waals surface area contributed by atoms with Gasteiger partial charge in [0.1, 0.15) is 0 Å². The van der Waals surface area contributed by atoms with Gasteiger partial charge in [-0.1, -0.05) is 24.3 Å². The molecule has 0 bridgehead atoms. The molecule has 100 valence electrons. The van der Waals surface area contributed by atoms with Crippen molar-refractivity contribution in [3.05, 3.63) is 35.4 Å². The number of hydrogen-bond acceptors (Lipinski definition) is 2. The maximum atomic E-state index is 12.4. The number of amides is 2. The predicted molar refractivity (Wildman–Crippen MR) is 71.3 cm³/mol. The van der Waals surface area contributed by atoms with Crippen LogP contribution in [-0.4, -0.2) is 29.8 Å². The summed E-state index contributed by atoms with van der Waals surface area (Å²) in [5.41, 5.74) is 2.59. The number of rotatable bonds is 1. The summed E-state index contributed by atoms with van der Waals surface area (Å²) in [5, 5.41) is 2.74. The lowest BCUT2D eigenvalue weighted by Gasteiger charge is -2.23. The van der Waals surface area contributed by atoms with Gasteiger partial charge >= 0.3 is 0 Å². The number of benzene rings is 1. The Kier molecular flexibility index (Phi) is 3.23. The van der Waals surface area contributed by atoms with E-state index in [2.05, 4.69) is 23.5 Å². The molecule has 0 radical (unpaired) electrons. The number of nitrogens with one attached hydrogen (secondary N) is 1. The molecule has 1 unspecified atom stereocenters. The lowest BCUT2D eigenvalue weighted by atomic mass is 10.0. The molecule has 3 rings (SSSR count). The molecule has 1 N–H and O–H groups in total. The molecule has 1 aromatic rings. The monoisotopic (exact) mass is 258 g/mol. The predicted octanol–water partition coefficient (Wildman–Crippen LogP) is 1.10. The van der Waals surface area contributed by atoms with Crippen molar-refractivity contribution in [1.82, 2.24) is 10.2 Å². The van der Waals surface area contributed by atoms with Gasteiger partial charge in [0.05, 0.1) is 5.92 Å². The van der Waals surface area contributed by atoms with Crippen LogP contribution in [0.3, 0.4) is 0 Å². The van der Waals surface area contributed by atoms with Crippen molar-refractivity contribution < 1.29 is 9.59 Å². The maximum absolute atomic E-state index is 12.4. The number of carbonyl (C=O) groups is 2. The molecule has 0 saturated carbocycles. The van der Waals surface area contributed by atoms with Gasteiger partial charge < -0.3 is 10.2 Å². The Hall–Kier alpha value is -1.84. The van der Waals surface area contributed by atoms with Crippen LogP contribution in [0.15, 0.2) is 24.3 Å². The van der Waals surface area contributed by atoms with Crippen molar-refractivity contribution in [3.8, 4) is 0 Å². The third kappa shape index (κ3) is 2.48. The second kappa shape index (κ2) is 5.03. The van der Waals surface area contributed by atoms with Gasteiger partial charge in [0.15, 0.2) is 0 Å². The molecule has 1 aromatic carbocycles. The van der Waals surface area contributed by atoms with Crippen LogP contribution in [0.25, 0.3) is 0 Å². The van der Waals surface area contributed by atoms with E-state index in [1.54, 1.807) is 0 Å². The zero-order valence-corrected chi connectivity index (χ0v) is 10.9. The summed E-state index contributed by atoms with van der Waals surface area (Å²) in [6.45, 7) is 1.97. The first-order valence-electron chi connectivity index (χ1n) is 6.86. The zero-order valence-electron chi connectivity index (χ0n) is 10.9. The quantitative estimate of drug-likeness (QED) is 0.820. The maximum Gasteiger partial charge on any atom is 0.228 e. The van der Waals surface area contributed by atoms with Crippen LogP contribution in [0.2, 0.25) is 0 Å². The van der Waals surface area contributed by atoms with Crippen LogP contribution < -0.4 is 5.32 Å². The number of carbonyl (C=O) groups excluding carboxylic acids is 2. The lowest BCUT2D eigenvalue weighted by molar-refractivity contribution is -0.136. The standard InChI is InChI=1S/C15H18N2O2/c18-14-8-13(9-16-14)15(19)17-7-3-6-11-4-1-2-5-12(11)10-17/h1-2,4-5,13H,3,6-10H2,(H,16,18). The molecule has 4 heteroatoms. The minimum atomic E-state index is -0.169. The molecule has 0 aromatic heterocycles. The van der Waals surface area contributed by atoms with Crippen LogP contribution in [-0.2, 0) is 22.6 Å². The summed E-state index contributed by atoms with van der Waals surface area (Å²) in [4.78, 5) is 25.6. The average Bonchev–Trinajstić information content (AvgIpc) is 2.74. The molecular formula is C15H18N2O2. The fourth-order valence-corrected chi connectivity index (χ4v) is 2.93. The van der Waals surface area contributed by atoms with Crippen LogP contribution >= 0.6 is 0 Å². The summed E-state index contributed by atoms with van der Waals surface area (Å²) in [6.07, 6.45) is 2.37. The van der Waals surface area contributed by atoms with E-state index in [4.69, 9.17) is 0 Å². The summed E-state index contributed by atoms with van der Waals surface area (Å²) >= 11 is 0. The van der Waals surface area contributed by atoms with Crippen LogP contribution in [0.1, 0.15) is 24.0 Å². The first kappa shape index (κ1) is 12.2. The summed E-state index contributed by atoms with van der Waals surface area (Å²) < 4.78 is 0. The lowest BCUT2D eigenvalue weighted by Crippen LogP contribution is -2.36. The van der Waals surface area contributed by atoms with Crippen molar-refractivity contribution in [3.63, 3.8) is 0 Å². The van der Waals surface area contributed by atoms with Crippen LogP contribution in [0.4, 0.5) is 0 Å². The fourth-order valence-electron chi connectivity index (χ4n) is 2.93. The van der Waals surface area contributed by atoms with Crippen LogP contribution in [0.5, 0.6) is 0 Å². The Balaban J connectivity index is 1.75. The van der Waals surface area contributed by atoms with E-state index in [1.807, 2.05) is 11.0 Å². The highest BCUT2D eigenvalue weighted by molar-refractivity contribution is 5.89. The summed E-state index contributed by atoms with van der Waals surface area (Å²) in [5.74, 6) is -0.0543. The van der Waals surface area contributed by atoms with E-state index in [0.717, 1.165) is 19.4 Å². The average molecular weight is 258 g/mol. The highest BCUT2D eigenvalue weighted by Gasteiger charge is 2.31. The number of fused-ring (bicyclic) bond motifs is 1. The Morgan fingerprint density at radius 2 is 2.05 bits per heavy atom. The summed E-state index contributed by atoms with van der Waals surface area (Å²) in [6, 6.07) is 8.31. The number of nitrogens with zero attached hydrogens (tertiary/aromatic N) is 1. The Bertz CT molecular complexity index is 513. The van der Waals surface area contributed by atoms with E-state index < -0.39 is 0 Å². The molecule has 0 spiro atoms. The Morgan fingerprint density at radius 3 is 2.79 bits per heavy atom. The molecule has 2 aliphatic rings. The molecular weight excluding hydrogens is 240 g/mol. The zero-order chi connectivity index (χ0) is 13.2. The smallest absolute Gasteiger partial charge is 0.228 e. The van der Waals surface area contributed by atoms with Crippen molar-refractivity contribution in [2.75, 3.05) is 13.1 Å². The molecule has 1 atom stereocenters. The largest absolute Gasteiger partial charge is 0.355 e. The van der Waals surface area contributed by atoms with E-state index in [1.165, 1.54) is 11.1 Å². The molecule has 2 aliphatic heterocycles. The van der Waals surface area contributed by atoms with Gasteiger partial charge in [-0.25, -0.2) is 0 Å². The third-order valence-corrected chi connectivity index (χ3v) is 3.99. The fraction of sp³-hybridized carbons (Fsp3) is 0.467. The second-order valence-corrected chi connectivity index (χ2v) is 5.34. The first-order chi connectivity index (χ1) is 9.24. The molecule has 0 aliphatic carbocycles. The first-order valence-corrected chi connectivity index (χ1v) is 6.86. The highest BCUT2D eigenvalue weighted by Crippen LogP contribution is 2.21. The van der Waals surface area contributed by atoms with Crippen molar-refractivity contribution in [1.29, 1.82) is 0 Å². The molecule has 2 amide bonds. The van der Waals surface area contributed by atoms with Gasteiger partial charge in [0.25, 0.3) is 0 Å². The van der Waals surface area contributed by atoms with Gasteiger partial charge in [-0.05, 0) is 24.0 Å². The molecule has 1 saturated heterocycles. The Morgan fingerprint density at radius 1 is 1.26 bits per heavy atom. The molecule has 19 heavy (non-hydrogen) atoms. The van der Waals surface area contributed by atoms with Crippen molar-refractivity contribution in [2.45, 2.75) is 25.8 Å². The molecule has 4 nitrogen and oxygen atoms in total. The number of aryl methyl sites for hydroxylation is 1. The van der Waals surface area contributed by atoms with E-state index in [0.29, 0.717) is 19.5 Å². The normalized spacial score (nSPS) is 22.6. The second-order valence-electron chi connectivity index (χ2n) is 5.34. The van der Waals surface area contributed by atoms with Crippen molar-refractivity contribution >= 4 is 11.8 Å². The molecule has 1 fully saturated rings. The minimum Gasteiger partial charge on any atom is -0.355 e. The Labute approximate surface area is 112 Å². The summed E-state index contributed by atoms with van der Waals surface area (Å²) in [7, 11) is 0. The van der Waals surface area contributed by atoms with Gasteiger partial charge in [-0.3, -0.25) is 9.59 Å². The van der Waals surface area contributed by atoms with Gasteiger partial charge in [-0.15, -0.1) is 0 Å². The van der Waals surface area contributed by atoms with Crippen LogP contribution in [0, 0.1) is 5.92 Å². The number of hydrogen-bond donors (Lipinski definition) is 1.